The summed E-state index contributed by atoms with van der Waals surface area (Å²) in [5.41, 5.74) is 9.24. The molecule has 0 unspecified atom stereocenters. The summed E-state index contributed by atoms with van der Waals surface area (Å²) >= 11 is 17.6. The number of imidazole rings is 3. The molecule has 16 nitrogen and oxygen atoms in total. The van der Waals surface area contributed by atoms with Crippen LogP contribution >= 0.6 is 34.8 Å². The molecular weight excluding hydrogens is 1030 g/mol. The smallest absolute Gasteiger partial charge is 0.224 e. The molecule has 1 saturated heterocycles. The Bertz CT molecular complexity index is 3500. The van der Waals surface area contributed by atoms with Crippen LogP contribution in [0.25, 0.3) is 67.3 Å². The van der Waals surface area contributed by atoms with Crippen LogP contribution in [0.4, 0.5) is 38.0 Å². The third-order valence-corrected chi connectivity index (χ3v) is 12.8. The van der Waals surface area contributed by atoms with Gasteiger partial charge < -0.3 is 34.8 Å². The van der Waals surface area contributed by atoms with Crippen LogP contribution in [0.1, 0.15) is 69.5 Å². The highest BCUT2D eigenvalue weighted by Crippen LogP contribution is 2.45. The maximum Gasteiger partial charge on any atom is 0.224 e. The largest absolute Gasteiger partial charge is 0.381 e. The summed E-state index contributed by atoms with van der Waals surface area (Å²) < 4.78 is 92.0. The van der Waals surface area contributed by atoms with Gasteiger partial charge in [-0.2, -0.15) is 0 Å². The highest BCUT2D eigenvalue weighted by Gasteiger charge is 2.33. The molecule has 25 heteroatoms. The maximum atomic E-state index is 13.7. The number of hydrogen-bond donors (Lipinski definition) is 3. The maximum absolute atomic E-state index is 13.7. The van der Waals surface area contributed by atoms with Crippen LogP contribution in [0.2, 0.25) is 15.7 Å². The fourth-order valence-corrected chi connectivity index (χ4v) is 8.88. The third kappa shape index (κ3) is 11.0. The fraction of sp³-hybridized carbons (Fsp3) is 0.327. The highest BCUT2D eigenvalue weighted by atomic mass is 35.5. The van der Waals surface area contributed by atoms with Gasteiger partial charge in [0, 0.05) is 100 Å². The summed E-state index contributed by atoms with van der Waals surface area (Å²) in [7, 11) is 4.97. The van der Waals surface area contributed by atoms with Crippen molar-refractivity contribution >= 4 is 79.5 Å². The van der Waals surface area contributed by atoms with E-state index in [0.717, 1.165) is 76.0 Å². The Kier molecular flexibility index (Phi) is 15.8. The Balaban J connectivity index is 0.000000128. The molecule has 3 aromatic carbocycles. The quantitative estimate of drug-likeness (QED) is 0.0741. The number of ether oxygens (including phenoxy) is 1. The van der Waals surface area contributed by atoms with E-state index in [0.29, 0.717) is 78.9 Å². The zero-order chi connectivity index (χ0) is 52.4. The molecule has 4 aliphatic rings. The van der Waals surface area contributed by atoms with Crippen LogP contribution < -0.4 is 16.4 Å². The Morgan fingerprint density at radius 2 is 0.878 bits per heavy atom. The van der Waals surface area contributed by atoms with Crippen LogP contribution in [-0.2, 0) is 4.74 Å². The van der Waals surface area contributed by atoms with E-state index in [1.165, 1.54) is 44.5 Å². The minimum atomic E-state index is -0.932. The number of nitrogens with two attached hydrogens (primary N) is 1. The van der Waals surface area contributed by atoms with Crippen molar-refractivity contribution in [2.24, 2.45) is 5.73 Å². The number of aromatic nitrogens is 12. The van der Waals surface area contributed by atoms with Crippen LogP contribution in [0, 0.1) is 34.9 Å². The Labute approximate surface area is 433 Å². The van der Waals surface area contributed by atoms with Gasteiger partial charge in [0.15, 0.2) is 34.9 Å². The number of anilines is 2. The minimum Gasteiger partial charge on any atom is -0.381 e. The van der Waals surface area contributed by atoms with E-state index in [1.807, 2.05) is 13.7 Å². The van der Waals surface area contributed by atoms with E-state index < -0.39 is 34.9 Å². The van der Waals surface area contributed by atoms with Crippen molar-refractivity contribution in [3.05, 3.63) is 112 Å². The second-order valence-electron chi connectivity index (χ2n) is 17.2. The minimum absolute atomic E-state index is 0.0277. The molecule has 0 bridgehead atoms. The highest BCUT2D eigenvalue weighted by molar-refractivity contribution is 6.33. The van der Waals surface area contributed by atoms with Crippen molar-refractivity contribution in [1.29, 1.82) is 0 Å². The number of benzene rings is 3. The predicted octanol–water partition coefficient (Wildman–Crippen LogP) is 11.7. The first kappa shape index (κ1) is 52.2. The molecular formula is C49H46Cl3F6N15O. The lowest BCUT2D eigenvalue weighted by molar-refractivity contribution is 0.198. The monoisotopic (exact) mass is 1080 g/mol. The lowest BCUT2D eigenvalue weighted by atomic mass is 10.2. The summed E-state index contributed by atoms with van der Waals surface area (Å²) in [4.78, 5) is 37.5. The number of hydrogen-bond acceptors (Lipinski definition) is 13. The molecule has 0 radical (unpaired) electrons. The fourth-order valence-electron chi connectivity index (χ4n) is 8.36. The zero-order valence-corrected chi connectivity index (χ0v) is 42.1. The van der Waals surface area contributed by atoms with Crippen molar-refractivity contribution in [1.82, 2.24) is 58.6 Å². The van der Waals surface area contributed by atoms with Crippen LogP contribution in [-0.4, -0.2) is 92.9 Å². The summed E-state index contributed by atoms with van der Waals surface area (Å²) in [5, 5.41) is 6.24. The average molecular weight is 1080 g/mol. The molecule has 0 atom stereocenters. The molecule has 0 amide bonds. The van der Waals surface area contributed by atoms with Gasteiger partial charge in [0.1, 0.15) is 40.6 Å². The first-order valence-corrected chi connectivity index (χ1v) is 24.6. The summed E-state index contributed by atoms with van der Waals surface area (Å²) in [6.07, 6.45) is 14.5. The van der Waals surface area contributed by atoms with Gasteiger partial charge in [-0.15, -0.1) is 0 Å². The van der Waals surface area contributed by atoms with Gasteiger partial charge in [-0.1, -0.05) is 11.6 Å². The van der Waals surface area contributed by atoms with Crippen LogP contribution in [0.15, 0.2) is 61.3 Å². The normalized spacial score (nSPS) is 14.9. The van der Waals surface area contributed by atoms with E-state index in [-0.39, 0.29) is 33.8 Å². The van der Waals surface area contributed by atoms with E-state index in [9.17, 15) is 26.3 Å². The second-order valence-corrected chi connectivity index (χ2v) is 18.3. The Hall–Kier alpha value is -6.72. The Morgan fingerprint density at radius 3 is 1.26 bits per heavy atom. The zero-order valence-electron chi connectivity index (χ0n) is 39.8. The van der Waals surface area contributed by atoms with Gasteiger partial charge in [-0.3, -0.25) is 0 Å². The Morgan fingerprint density at radius 1 is 0.500 bits per heavy atom. The van der Waals surface area contributed by atoms with E-state index in [2.05, 4.69) is 61.2 Å². The second kappa shape index (κ2) is 22.4. The third-order valence-electron chi connectivity index (χ3n) is 12.1. The summed E-state index contributed by atoms with van der Waals surface area (Å²) in [6.45, 7) is 2.00. The molecule has 13 rings (SSSR count). The van der Waals surface area contributed by atoms with Crippen molar-refractivity contribution in [2.45, 2.75) is 69.5 Å². The number of halogens is 9. The van der Waals surface area contributed by atoms with E-state index in [4.69, 9.17) is 39.5 Å². The first-order valence-electron chi connectivity index (χ1n) is 23.4. The number of nitrogens with one attached hydrogen (secondary N) is 2. The molecule has 4 N–H and O–H groups in total. The molecule has 7 heterocycles. The number of fused-ring (bicyclic) bond motifs is 3. The standard InChI is InChI=1S/C15H12ClF2N5.C15H13F2N5.C14H8Cl2F2N4.C4H8O.CH5N/c1-19-13-8(6-20-15(16)22-13)14-21-11-4-9(17)10(18)5-12(11)23(14)7-2-3-7;1-18-14-9(6-19-7-20-14)15-21-12-4-10(16)11(17)5-13(12)22(15)8-2-3-8;15-12-7(5-19-14(16)21-12)13-20-10-3-8(17)9(18)4-11(10)22(13)6-1-2-6;1-2-4-5-3-1;1-2/h4-7H,2-3H2,1H3,(H,19,20,22);4-8H,2-3H2,1H3,(H,18,19,20);3-6H,1-2H2;1-4H2;2H2,1H3. The predicted molar refractivity (Wildman–Crippen MR) is 271 cm³/mol. The summed E-state index contributed by atoms with van der Waals surface area (Å²) in [6, 6.07) is 7.56. The first-order chi connectivity index (χ1) is 35.8. The van der Waals surface area contributed by atoms with E-state index in [1.54, 1.807) is 26.5 Å². The van der Waals surface area contributed by atoms with Crippen LogP contribution in [0.5, 0.6) is 0 Å². The van der Waals surface area contributed by atoms with Gasteiger partial charge >= 0.3 is 0 Å². The molecule has 9 aromatic rings. The molecule has 386 valence electrons. The van der Waals surface area contributed by atoms with E-state index >= 15 is 0 Å². The van der Waals surface area contributed by atoms with Crippen molar-refractivity contribution in [3.8, 4) is 34.2 Å². The van der Waals surface area contributed by atoms with Crippen molar-refractivity contribution in [3.63, 3.8) is 0 Å². The number of nitrogens with zero attached hydrogens (tertiary/aromatic N) is 12. The van der Waals surface area contributed by atoms with Gasteiger partial charge in [-0.25, -0.2) is 71.2 Å². The van der Waals surface area contributed by atoms with Gasteiger partial charge in [0.05, 0.1) is 49.8 Å². The number of rotatable bonds is 8. The topological polar surface area (TPSA) is 190 Å². The van der Waals surface area contributed by atoms with Crippen LogP contribution in [0.3, 0.4) is 0 Å². The molecule has 74 heavy (non-hydrogen) atoms. The molecule has 1 aliphatic heterocycles. The van der Waals surface area contributed by atoms with Gasteiger partial charge in [0.2, 0.25) is 10.6 Å². The molecule has 6 aromatic heterocycles. The van der Waals surface area contributed by atoms with Crippen molar-refractivity contribution in [2.75, 3.05) is 45.0 Å². The molecule has 3 saturated carbocycles. The molecule has 0 spiro atoms. The molecule has 3 aliphatic carbocycles. The lowest BCUT2D eigenvalue weighted by Crippen LogP contribution is -2.03. The average Bonchev–Trinajstić information content (AvgIpc) is 4.38. The van der Waals surface area contributed by atoms with Gasteiger partial charge in [-0.05, 0) is 81.6 Å². The molecule has 4 fully saturated rings. The SMILES string of the molecule is C1CCOC1.CN.CNc1nc(Cl)ncc1-c1nc2cc(F)c(F)cc2n1C1CC1.CNc1ncncc1-c1nc2cc(F)c(F)cc2n1C1CC1.Fc1cc2nc(-c3cnc(Cl)nc3Cl)n(C3CC3)c2cc1F. The van der Waals surface area contributed by atoms with Crippen molar-refractivity contribution < 1.29 is 31.1 Å². The van der Waals surface area contributed by atoms with Gasteiger partial charge in [0.25, 0.3) is 0 Å². The summed E-state index contributed by atoms with van der Waals surface area (Å²) in [5.74, 6) is -2.53. The lowest BCUT2D eigenvalue weighted by Gasteiger charge is -2.10.